The zero-order valence-electron chi connectivity index (χ0n) is 19.7. The van der Waals surface area contributed by atoms with Crippen LogP contribution in [-0.2, 0) is 24.1 Å². The Morgan fingerprint density at radius 1 is 1.16 bits per heavy atom. The zero-order chi connectivity index (χ0) is 22.2. The van der Waals surface area contributed by atoms with Crippen LogP contribution in [0, 0.1) is 11.8 Å². The van der Waals surface area contributed by atoms with E-state index < -0.39 is 0 Å². The summed E-state index contributed by atoms with van der Waals surface area (Å²) >= 11 is 1.86. The molecule has 1 aliphatic rings. The average Bonchev–Trinajstić information content (AvgIpc) is 3.29. The minimum atomic E-state index is -0.0909. The van der Waals surface area contributed by atoms with E-state index >= 15 is 0 Å². The number of ether oxygens (including phenoxy) is 1. The van der Waals surface area contributed by atoms with Crippen LogP contribution in [0.4, 0.5) is 0 Å². The Kier molecular flexibility index (Phi) is 9.15. The number of carbonyl (C=O) groups excluding carboxylic acids is 1. The number of fused-ring (bicyclic) bond motifs is 1. The molecule has 3 nitrogen and oxygen atoms in total. The van der Waals surface area contributed by atoms with Gasteiger partial charge in [-0.2, -0.15) is 0 Å². The normalized spacial score (nSPS) is 17.9. The molecule has 0 bridgehead atoms. The van der Waals surface area contributed by atoms with Crippen molar-refractivity contribution in [3.63, 3.8) is 0 Å². The number of rotatable bonds is 11. The molecular weight excluding hydrogens is 402 g/mol. The van der Waals surface area contributed by atoms with E-state index in [9.17, 15) is 4.79 Å². The first-order chi connectivity index (χ1) is 15.0. The van der Waals surface area contributed by atoms with Gasteiger partial charge >= 0.3 is 5.97 Å². The number of thiophene rings is 1. The Morgan fingerprint density at radius 2 is 2.00 bits per heavy atom. The Balaban J connectivity index is 1.63. The van der Waals surface area contributed by atoms with Gasteiger partial charge in [-0.05, 0) is 79.1 Å². The quantitative estimate of drug-likeness (QED) is 0.293. The van der Waals surface area contributed by atoms with Crippen LogP contribution >= 0.6 is 11.3 Å². The first-order valence-electron chi connectivity index (χ1n) is 12.1. The van der Waals surface area contributed by atoms with Crippen LogP contribution in [0.3, 0.4) is 0 Å². The van der Waals surface area contributed by atoms with Crippen LogP contribution in [0.2, 0.25) is 0 Å². The topological polar surface area (TPSA) is 29.5 Å². The van der Waals surface area contributed by atoms with Crippen LogP contribution in [0.5, 0.6) is 5.75 Å². The summed E-state index contributed by atoms with van der Waals surface area (Å²) in [6, 6.07) is 11.2. The van der Waals surface area contributed by atoms with Gasteiger partial charge in [-0.25, -0.2) is 0 Å². The second-order valence-electron chi connectivity index (χ2n) is 9.20. The average molecular weight is 442 g/mol. The van der Waals surface area contributed by atoms with E-state index in [0.717, 1.165) is 50.9 Å². The van der Waals surface area contributed by atoms with Gasteiger partial charge in [0.05, 0.1) is 0 Å². The van der Waals surface area contributed by atoms with Gasteiger partial charge in [0.2, 0.25) is 0 Å². The van der Waals surface area contributed by atoms with Crippen molar-refractivity contribution < 1.29 is 9.53 Å². The maximum Gasteiger partial charge on any atom is 0.311 e. The van der Waals surface area contributed by atoms with Crippen LogP contribution < -0.4 is 4.74 Å². The van der Waals surface area contributed by atoms with E-state index in [1.807, 2.05) is 17.4 Å². The molecule has 0 radical (unpaired) electrons. The second kappa shape index (κ2) is 11.8. The molecule has 0 saturated carbocycles. The lowest BCUT2D eigenvalue weighted by Gasteiger charge is -2.35. The first kappa shape index (κ1) is 24.0. The molecule has 3 atom stereocenters. The lowest BCUT2D eigenvalue weighted by atomic mass is 9.86. The zero-order valence-corrected chi connectivity index (χ0v) is 20.5. The SMILES string of the molecule is CCCN(CCc1cccs1)C1CCc2c(cccc2OC(=O)CC(C)C(C)CC)C1. The van der Waals surface area contributed by atoms with E-state index in [1.165, 1.54) is 22.4 Å². The number of hydrogen-bond acceptors (Lipinski definition) is 4. The van der Waals surface area contributed by atoms with Crippen molar-refractivity contribution in [2.24, 2.45) is 11.8 Å². The smallest absolute Gasteiger partial charge is 0.311 e. The molecular formula is C27H39NO2S. The van der Waals surface area contributed by atoms with Crippen LogP contribution in [0.1, 0.15) is 69.4 Å². The number of hydrogen-bond donors (Lipinski definition) is 0. The van der Waals surface area contributed by atoms with Crippen LogP contribution in [-0.4, -0.2) is 30.0 Å². The number of nitrogens with zero attached hydrogens (tertiary/aromatic N) is 1. The standard InChI is InChI=1S/C27H39NO2S/c1-5-15-28(16-14-24-10-8-17-31-24)23-12-13-25-22(19-23)9-7-11-26(25)30-27(29)18-21(4)20(3)6-2/h7-11,17,20-21,23H,5-6,12-16,18-19H2,1-4H3. The highest BCUT2D eigenvalue weighted by Crippen LogP contribution is 2.32. The van der Waals surface area contributed by atoms with Crippen molar-refractivity contribution in [2.75, 3.05) is 13.1 Å². The summed E-state index contributed by atoms with van der Waals surface area (Å²) in [6.45, 7) is 11.1. The molecule has 170 valence electrons. The van der Waals surface area contributed by atoms with E-state index in [2.05, 4.69) is 62.2 Å². The highest BCUT2D eigenvalue weighted by atomic mass is 32.1. The third-order valence-electron chi connectivity index (χ3n) is 6.99. The van der Waals surface area contributed by atoms with Crippen molar-refractivity contribution in [1.29, 1.82) is 0 Å². The van der Waals surface area contributed by atoms with Gasteiger partial charge in [0.15, 0.2) is 0 Å². The van der Waals surface area contributed by atoms with Crippen molar-refractivity contribution in [3.8, 4) is 5.75 Å². The highest BCUT2D eigenvalue weighted by Gasteiger charge is 2.26. The summed E-state index contributed by atoms with van der Waals surface area (Å²) in [5.41, 5.74) is 2.60. The molecule has 31 heavy (non-hydrogen) atoms. The molecule has 0 spiro atoms. The number of esters is 1. The molecule has 2 aromatic rings. The Bertz CT molecular complexity index is 817. The molecule has 0 aliphatic heterocycles. The largest absolute Gasteiger partial charge is 0.426 e. The van der Waals surface area contributed by atoms with Crippen molar-refractivity contribution in [2.45, 2.75) is 78.7 Å². The van der Waals surface area contributed by atoms with Gasteiger partial charge in [-0.1, -0.05) is 52.3 Å². The summed E-state index contributed by atoms with van der Waals surface area (Å²) in [5, 5.41) is 2.17. The summed E-state index contributed by atoms with van der Waals surface area (Å²) < 4.78 is 5.87. The lowest BCUT2D eigenvalue weighted by Crippen LogP contribution is -2.41. The van der Waals surface area contributed by atoms with E-state index in [0.29, 0.717) is 24.3 Å². The van der Waals surface area contributed by atoms with Gasteiger partial charge in [0.25, 0.3) is 0 Å². The minimum Gasteiger partial charge on any atom is -0.426 e. The van der Waals surface area contributed by atoms with Crippen LogP contribution in [0.25, 0.3) is 0 Å². The number of carbonyl (C=O) groups is 1. The van der Waals surface area contributed by atoms with Crippen molar-refractivity contribution in [1.82, 2.24) is 4.90 Å². The predicted octanol–water partition coefficient (Wildman–Crippen LogP) is 6.54. The van der Waals surface area contributed by atoms with Gasteiger partial charge in [0.1, 0.15) is 5.75 Å². The second-order valence-corrected chi connectivity index (χ2v) is 10.2. The van der Waals surface area contributed by atoms with Gasteiger partial charge < -0.3 is 4.74 Å². The summed E-state index contributed by atoms with van der Waals surface area (Å²) in [5.74, 6) is 1.59. The van der Waals surface area contributed by atoms with E-state index in [4.69, 9.17) is 4.74 Å². The molecule has 1 aromatic heterocycles. The minimum absolute atomic E-state index is 0.0909. The Hall–Kier alpha value is -1.65. The lowest BCUT2D eigenvalue weighted by molar-refractivity contribution is -0.135. The molecule has 0 amide bonds. The third-order valence-corrected chi connectivity index (χ3v) is 7.93. The van der Waals surface area contributed by atoms with Gasteiger partial charge in [-0.3, -0.25) is 9.69 Å². The molecule has 1 aromatic carbocycles. The maximum atomic E-state index is 12.6. The molecule has 1 heterocycles. The summed E-state index contributed by atoms with van der Waals surface area (Å²) in [6.07, 6.45) is 7.08. The highest BCUT2D eigenvalue weighted by molar-refractivity contribution is 7.09. The summed E-state index contributed by atoms with van der Waals surface area (Å²) in [7, 11) is 0. The van der Waals surface area contributed by atoms with E-state index in [1.54, 1.807) is 0 Å². The van der Waals surface area contributed by atoms with Crippen molar-refractivity contribution >= 4 is 17.3 Å². The Labute approximate surface area is 192 Å². The van der Waals surface area contributed by atoms with Gasteiger partial charge in [-0.15, -0.1) is 11.3 Å². The summed E-state index contributed by atoms with van der Waals surface area (Å²) in [4.78, 5) is 16.7. The molecule has 3 unspecified atom stereocenters. The molecule has 0 fully saturated rings. The first-order valence-corrected chi connectivity index (χ1v) is 13.0. The maximum absolute atomic E-state index is 12.6. The van der Waals surface area contributed by atoms with Crippen LogP contribution in [0.15, 0.2) is 35.7 Å². The molecule has 3 rings (SSSR count). The van der Waals surface area contributed by atoms with Crippen molar-refractivity contribution in [3.05, 3.63) is 51.7 Å². The number of benzene rings is 1. The molecule has 0 saturated heterocycles. The molecule has 0 N–H and O–H groups in total. The molecule has 4 heteroatoms. The van der Waals surface area contributed by atoms with E-state index in [-0.39, 0.29) is 5.97 Å². The Morgan fingerprint density at radius 3 is 2.71 bits per heavy atom. The third kappa shape index (κ3) is 6.66. The predicted molar refractivity (Wildman–Crippen MR) is 131 cm³/mol. The van der Waals surface area contributed by atoms with Gasteiger partial charge in [0, 0.05) is 23.9 Å². The monoisotopic (exact) mass is 441 g/mol. The fourth-order valence-corrected chi connectivity index (χ4v) is 5.36. The fraction of sp³-hybridized carbons (Fsp3) is 0.593. The fourth-order valence-electron chi connectivity index (χ4n) is 4.66. The molecule has 1 aliphatic carbocycles.